The number of carbonyl (C=O) groups excluding carboxylic acids is 1. The molecule has 0 spiro atoms. The summed E-state index contributed by atoms with van der Waals surface area (Å²) in [5, 5.41) is 87.6. The van der Waals surface area contributed by atoms with E-state index >= 15 is 0 Å². The first kappa shape index (κ1) is 90.3. The van der Waals surface area contributed by atoms with Crippen LogP contribution < -0.4 is 5.32 Å². The average Bonchev–Trinajstić information content (AvgIpc) is 0.794. The molecule has 2 fully saturated rings. The predicted octanol–water partition coefficient (Wildman–Crippen LogP) is 18.3. The highest BCUT2D eigenvalue weighted by molar-refractivity contribution is 5.76. The van der Waals surface area contributed by atoms with Crippen molar-refractivity contribution in [3.05, 3.63) is 85.1 Å². The van der Waals surface area contributed by atoms with Gasteiger partial charge in [-0.2, -0.15) is 0 Å². The molecule has 2 heterocycles. The smallest absolute Gasteiger partial charge is 0.220 e. The Labute approximate surface area is 592 Å². The second kappa shape index (κ2) is 66.4. The van der Waals surface area contributed by atoms with Crippen LogP contribution in [0.4, 0.5) is 0 Å². The summed E-state index contributed by atoms with van der Waals surface area (Å²) >= 11 is 0. The van der Waals surface area contributed by atoms with Crippen molar-refractivity contribution < 1.29 is 64.6 Å². The van der Waals surface area contributed by atoms with Gasteiger partial charge in [-0.15, -0.1) is 0 Å². The van der Waals surface area contributed by atoms with Crippen molar-refractivity contribution in [2.45, 2.75) is 415 Å². The van der Waals surface area contributed by atoms with E-state index in [2.05, 4.69) is 92.1 Å². The molecule has 1 amide bonds. The molecule has 564 valence electrons. The van der Waals surface area contributed by atoms with Crippen molar-refractivity contribution in [2.24, 2.45) is 0 Å². The molecule has 0 aromatic heterocycles. The van der Waals surface area contributed by atoms with E-state index < -0.39 is 86.8 Å². The molecule has 14 heteroatoms. The fourth-order valence-electron chi connectivity index (χ4n) is 13.0. The van der Waals surface area contributed by atoms with Gasteiger partial charge in [-0.05, 0) is 70.6 Å². The first-order valence-corrected chi connectivity index (χ1v) is 40.3. The van der Waals surface area contributed by atoms with E-state index in [0.29, 0.717) is 6.42 Å². The summed E-state index contributed by atoms with van der Waals surface area (Å²) in [4.78, 5) is 13.4. The predicted molar refractivity (Wildman–Crippen MR) is 401 cm³/mol. The highest BCUT2D eigenvalue weighted by atomic mass is 16.7. The minimum absolute atomic E-state index is 0.234. The highest BCUT2D eigenvalue weighted by Crippen LogP contribution is 2.30. The molecule has 2 aliphatic heterocycles. The summed E-state index contributed by atoms with van der Waals surface area (Å²) in [5.74, 6) is -0.234. The van der Waals surface area contributed by atoms with E-state index in [1.807, 2.05) is 6.08 Å². The van der Waals surface area contributed by atoms with E-state index in [4.69, 9.17) is 18.9 Å². The maximum absolute atomic E-state index is 13.4. The van der Waals surface area contributed by atoms with Crippen LogP contribution in [0.3, 0.4) is 0 Å². The number of amides is 1. The molecule has 2 saturated heterocycles. The number of aliphatic hydroxyl groups excluding tert-OH is 8. The number of unbranched alkanes of at least 4 members (excludes halogenated alkanes) is 42. The molecule has 0 aliphatic carbocycles. The summed E-state index contributed by atoms with van der Waals surface area (Å²) in [5.41, 5.74) is 0. The summed E-state index contributed by atoms with van der Waals surface area (Å²) in [6.45, 7) is 2.73. The van der Waals surface area contributed by atoms with E-state index in [1.165, 1.54) is 238 Å². The summed E-state index contributed by atoms with van der Waals surface area (Å²) in [6.07, 6.45) is 76.6. The van der Waals surface area contributed by atoms with Crippen molar-refractivity contribution in [1.82, 2.24) is 5.32 Å². The van der Waals surface area contributed by atoms with E-state index in [9.17, 15) is 45.6 Å². The third kappa shape index (κ3) is 49.4. The number of allylic oxidation sites excluding steroid dienone is 13. The Morgan fingerprint density at radius 3 is 1.09 bits per heavy atom. The maximum atomic E-state index is 13.4. The van der Waals surface area contributed by atoms with Gasteiger partial charge in [-0.25, -0.2) is 0 Å². The molecular formula is C83H149NO13. The topological polar surface area (TPSA) is 228 Å². The number of hydrogen-bond donors (Lipinski definition) is 9. The lowest BCUT2D eigenvalue weighted by Gasteiger charge is -2.46. The zero-order chi connectivity index (χ0) is 70.1. The number of hydrogen-bond acceptors (Lipinski definition) is 13. The SMILES string of the molecule is CC/C=C\C/C=C\C/C=C\C/C=C\C/C=C\C/C=C\CCCCCCCCCCCCCCCCCCCCCCCCC(=O)NC(COC1OC(CO)C(OC2OC(CO)C(O)C(O)C2O)C(O)C1O)C(O)/C=C/CCCCCCCCCCCCCCCCCCCCCC. The zero-order valence-corrected chi connectivity index (χ0v) is 61.8. The number of nitrogens with one attached hydrogen (secondary N) is 1. The molecule has 14 nitrogen and oxygen atoms in total. The van der Waals surface area contributed by atoms with Gasteiger partial charge in [0.2, 0.25) is 5.91 Å². The van der Waals surface area contributed by atoms with Crippen molar-refractivity contribution in [3.63, 3.8) is 0 Å². The van der Waals surface area contributed by atoms with Crippen LogP contribution in [0.25, 0.3) is 0 Å². The van der Waals surface area contributed by atoms with Gasteiger partial charge in [0.05, 0.1) is 32.0 Å². The summed E-state index contributed by atoms with van der Waals surface area (Å²) < 4.78 is 22.9. The lowest BCUT2D eigenvalue weighted by Crippen LogP contribution is -2.65. The van der Waals surface area contributed by atoms with Crippen molar-refractivity contribution >= 4 is 5.91 Å². The van der Waals surface area contributed by atoms with E-state index in [1.54, 1.807) is 6.08 Å². The molecule has 0 aromatic carbocycles. The second-order valence-corrected chi connectivity index (χ2v) is 28.2. The molecule has 0 bridgehead atoms. The van der Waals surface area contributed by atoms with Crippen LogP contribution in [-0.4, -0.2) is 140 Å². The molecule has 9 N–H and O–H groups in total. The van der Waals surface area contributed by atoms with Crippen LogP contribution in [-0.2, 0) is 23.7 Å². The van der Waals surface area contributed by atoms with Gasteiger partial charge in [-0.1, -0.05) is 349 Å². The first-order valence-electron chi connectivity index (χ1n) is 40.3. The van der Waals surface area contributed by atoms with Crippen LogP contribution >= 0.6 is 0 Å². The largest absolute Gasteiger partial charge is 0.394 e. The lowest BCUT2D eigenvalue weighted by atomic mass is 9.97. The Morgan fingerprint density at radius 2 is 0.711 bits per heavy atom. The zero-order valence-electron chi connectivity index (χ0n) is 61.8. The fraction of sp³-hybridized carbons (Fsp3) is 0.819. The number of aliphatic hydroxyl groups is 8. The molecule has 12 unspecified atom stereocenters. The van der Waals surface area contributed by atoms with Gasteiger partial charge in [0.25, 0.3) is 0 Å². The van der Waals surface area contributed by atoms with Gasteiger partial charge in [0.1, 0.15) is 48.8 Å². The van der Waals surface area contributed by atoms with Crippen LogP contribution in [0.5, 0.6) is 0 Å². The third-order valence-electron chi connectivity index (χ3n) is 19.3. The van der Waals surface area contributed by atoms with Crippen LogP contribution in [0.1, 0.15) is 341 Å². The number of carbonyl (C=O) groups is 1. The molecule has 0 aromatic rings. The standard InChI is InChI=1S/C83H149NO13/c1-3-5-7-9-11-13-15-17-19-21-23-25-27-28-29-30-31-32-33-34-35-36-37-38-39-40-41-42-43-44-45-47-49-51-53-55-57-59-61-63-65-67-75(88)84-71(70-94-82-80(93)78(91)81(74(69-86)96-82)97-83-79(92)77(90)76(89)73(68-85)95-83)72(87)66-64-62-60-58-56-54-52-50-48-46-26-24-22-20-18-16-14-12-10-8-6-4-2/h5,7,11,13,17,19,23,25,28-29,31-32,64,66,71-74,76-83,85-87,89-93H,3-4,6,8-10,12,14-16,18,20-22,24,26-27,30,33-63,65,67-70H2,1-2H3,(H,84,88)/b7-5-,13-11-,19-17-,25-23-,29-28-,32-31-,66-64+. The monoisotopic (exact) mass is 1370 g/mol. The van der Waals surface area contributed by atoms with Crippen LogP contribution in [0.15, 0.2) is 85.1 Å². The normalized spacial score (nSPS) is 22.6. The van der Waals surface area contributed by atoms with Gasteiger partial charge < -0.3 is 65.1 Å². The minimum atomic E-state index is -1.79. The number of ether oxygens (including phenoxy) is 4. The minimum Gasteiger partial charge on any atom is -0.394 e. The Bertz CT molecular complexity index is 1950. The Morgan fingerprint density at radius 1 is 0.381 bits per heavy atom. The van der Waals surface area contributed by atoms with Crippen molar-refractivity contribution in [3.8, 4) is 0 Å². The molecule has 0 radical (unpaired) electrons. The van der Waals surface area contributed by atoms with Crippen LogP contribution in [0.2, 0.25) is 0 Å². The molecule has 97 heavy (non-hydrogen) atoms. The second-order valence-electron chi connectivity index (χ2n) is 28.2. The van der Waals surface area contributed by atoms with Crippen molar-refractivity contribution in [1.29, 1.82) is 0 Å². The Balaban J connectivity index is 1.57. The summed E-state index contributed by atoms with van der Waals surface area (Å²) in [6, 6.07) is -0.917. The molecule has 2 aliphatic rings. The van der Waals surface area contributed by atoms with E-state index in [-0.39, 0.29) is 18.9 Å². The fourth-order valence-corrected chi connectivity index (χ4v) is 13.0. The molecule has 2 rings (SSSR count). The Kier molecular flexibility index (Phi) is 61.8. The van der Waals surface area contributed by atoms with Crippen LogP contribution in [0, 0.1) is 0 Å². The highest BCUT2D eigenvalue weighted by Gasteiger charge is 2.51. The lowest BCUT2D eigenvalue weighted by molar-refractivity contribution is -0.359. The third-order valence-corrected chi connectivity index (χ3v) is 19.3. The van der Waals surface area contributed by atoms with Gasteiger partial charge in [0, 0.05) is 6.42 Å². The Hall–Kier alpha value is -2.83. The first-order chi connectivity index (χ1) is 47.6. The van der Waals surface area contributed by atoms with Gasteiger partial charge in [-0.3, -0.25) is 4.79 Å². The molecular weight excluding hydrogens is 1220 g/mol. The summed E-state index contributed by atoms with van der Waals surface area (Å²) in [7, 11) is 0. The average molecular weight is 1370 g/mol. The van der Waals surface area contributed by atoms with Crippen molar-refractivity contribution in [2.75, 3.05) is 19.8 Å². The molecule has 0 saturated carbocycles. The number of rotatable bonds is 67. The van der Waals surface area contributed by atoms with Gasteiger partial charge in [0.15, 0.2) is 12.6 Å². The van der Waals surface area contributed by atoms with E-state index in [0.717, 1.165) is 77.0 Å². The molecule has 12 atom stereocenters. The van der Waals surface area contributed by atoms with Gasteiger partial charge >= 0.3 is 0 Å². The maximum Gasteiger partial charge on any atom is 0.220 e. The quantitative estimate of drug-likeness (QED) is 0.0204.